The van der Waals surface area contributed by atoms with E-state index in [1.807, 2.05) is 109 Å². The van der Waals surface area contributed by atoms with Crippen molar-refractivity contribution in [1.82, 2.24) is 15.0 Å². The minimum absolute atomic E-state index is 0. The molecule has 6 aromatic carbocycles. The van der Waals surface area contributed by atoms with E-state index < -0.39 is 0 Å². The molecule has 0 bridgehead atoms. The van der Waals surface area contributed by atoms with Gasteiger partial charge in [0, 0.05) is 23.5 Å². The molecule has 0 aliphatic carbocycles. The molecule has 56 heavy (non-hydrogen) atoms. The molecule has 0 atom stereocenters. The number of benzene rings is 6. The van der Waals surface area contributed by atoms with Gasteiger partial charge in [-0.25, -0.2) is 0 Å². The van der Waals surface area contributed by atoms with Crippen LogP contribution < -0.4 is 9.72 Å². The van der Waals surface area contributed by atoms with Gasteiger partial charge in [0.05, 0.1) is 0 Å². The molecule has 3 aromatic heterocycles. The van der Waals surface area contributed by atoms with Crippen LogP contribution in [0.5, 0.6) is 5.75 Å². The third-order valence-electron chi connectivity index (χ3n) is 8.70. The number of fused-ring (bicyclic) bond motifs is 2. The molecular formula is C49H34IrN3O3. The minimum Gasteiger partial charge on any atom is -0.661 e. The Bertz CT molecular complexity index is 2490. The Hall–Kier alpha value is -6.79. The van der Waals surface area contributed by atoms with E-state index in [0.717, 1.165) is 34.4 Å². The van der Waals surface area contributed by atoms with Crippen molar-refractivity contribution in [3.63, 3.8) is 0 Å². The number of pyridine rings is 2. The van der Waals surface area contributed by atoms with Crippen LogP contribution in [0, 0.1) is 12.1 Å². The fraction of sp³-hybridized carbons (Fsp3) is 0.0204. The van der Waals surface area contributed by atoms with Crippen molar-refractivity contribution in [2.75, 3.05) is 0 Å². The van der Waals surface area contributed by atoms with E-state index >= 15 is 0 Å². The van der Waals surface area contributed by atoms with Crippen molar-refractivity contribution in [1.29, 1.82) is 0 Å². The number of aldehydes is 1. The van der Waals surface area contributed by atoms with Crippen molar-refractivity contribution < 1.29 is 34.4 Å². The summed E-state index contributed by atoms with van der Waals surface area (Å²) in [6, 6.07) is 60.5. The quantitative estimate of drug-likeness (QED) is 0.0858. The molecule has 6 nitrogen and oxygen atoms in total. The summed E-state index contributed by atoms with van der Waals surface area (Å²) in [6.45, 7) is 0.400. The summed E-state index contributed by atoms with van der Waals surface area (Å²) < 4.78 is 5.68. The summed E-state index contributed by atoms with van der Waals surface area (Å²) in [7, 11) is 0. The predicted molar refractivity (Wildman–Crippen MR) is 218 cm³/mol. The Morgan fingerprint density at radius 1 is 0.607 bits per heavy atom. The van der Waals surface area contributed by atoms with Crippen LogP contribution in [0.3, 0.4) is 0 Å². The van der Waals surface area contributed by atoms with Crippen LogP contribution in [0.4, 0.5) is 0 Å². The molecule has 0 saturated carbocycles. The molecule has 0 radical (unpaired) electrons. The van der Waals surface area contributed by atoms with Crippen LogP contribution in [0.2, 0.25) is 0 Å². The van der Waals surface area contributed by atoms with Crippen LogP contribution in [-0.4, -0.2) is 22.0 Å². The van der Waals surface area contributed by atoms with Crippen LogP contribution in [0.25, 0.3) is 44.1 Å². The van der Waals surface area contributed by atoms with Crippen LogP contribution in [0.15, 0.2) is 188 Å². The van der Waals surface area contributed by atoms with Crippen LogP contribution in [-0.2, 0) is 26.7 Å². The Morgan fingerprint density at radius 3 is 1.66 bits per heavy atom. The molecule has 9 rings (SSSR count). The number of aromatic nitrogens is 3. The SMILES string of the molecule is O=Cc1ccc(COc2ccc(C(=O)c3ccc[n-]3)cc2)cc1.[Ir+3].[c-]1ccccc1-c1nccc2ccccc12.[c-]1ccccc1-c1nccc2ccccc12. The monoisotopic (exact) mass is 905 g/mol. The maximum absolute atomic E-state index is 12.1. The average molecular weight is 905 g/mol. The first-order valence-corrected chi connectivity index (χ1v) is 17.7. The van der Waals surface area contributed by atoms with E-state index in [2.05, 4.69) is 51.4 Å². The molecule has 7 heteroatoms. The van der Waals surface area contributed by atoms with Crippen molar-refractivity contribution in [2.45, 2.75) is 6.61 Å². The Labute approximate surface area is 339 Å². The van der Waals surface area contributed by atoms with Gasteiger partial charge < -0.3 is 19.7 Å². The molecule has 272 valence electrons. The molecule has 9 aromatic rings. The van der Waals surface area contributed by atoms with E-state index in [4.69, 9.17) is 4.74 Å². The number of carbonyl (C=O) groups is 2. The Balaban J connectivity index is 0.000000144. The zero-order valence-electron chi connectivity index (χ0n) is 30.1. The molecule has 0 spiro atoms. The maximum atomic E-state index is 12.1. The number of hydrogen-bond acceptors (Lipinski definition) is 5. The van der Waals surface area contributed by atoms with E-state index in [9.17, 15) is 9.59 Å². The topological polar surface area (TPSA) is 83.3 Å². The van der Waals surface area contributed by atoms with Crippen molar-refractivity contribution >= 4 is 33.6 Å². The molecule has 0 saturated heterocycles. The fourth-order valence-corrected chi connectivity index (χ4v) is 5.89. The Kier molecular flexibility index (Phi) is 13.6. The van der Waals surface area contributed by atoms with Gasteiger partial charge >= 0.3 is 20.1 Å². The van der Waals surface area contributed by atoms with Gasteiger partial charge in [-0.2, -0.15) is 6.20 Å². The van der Waals surface area contributed by atoms with E-state index in [0.29, 0.717) is 29.2 Å². The number of ether oxygens (including phenoxy) is 1. The summed E-state index contributed by atoms with van der Waals surface area (Å²) in [5.41, 5.74) is 6.70. The van der Waals surface area contributed by atoms with Crippen molar-refractivity contribution in [3.8, 4) is 28.3 Å². The normalized spacial score (nSPS) is 10.2. The number of carbonyl (C=O) groups excluding carboxylic acids is 2. The van der Waals surface area contributed by atoms with Gasteiger partial charge in [0.15, 0.2) is 5.78 Å². The maximum Gasteiger partial charge on any atom is 3.00 e. The summed E-state index contributed by atoms with van der Waals surface area (Å²) in [5, 5.41) is 4.77. The van der Waals surface area contributed by atoms with Crippen LogP contribution >= 0.6 is 0 Å². The zero-order chi connectivity index (χ0) is 37.7. The van der Waals surface area contributed by atoms with Gasteiger partial charge in [-0.1, -0.05) is 90.6 Å². The van der Waals surface area contributed by atoms with E-state index in [-0.39, 0.29) is 25.9 Å². The summed E-state index contributed by atoms with van der Waals surface area (Å²) in [5.74, 6) is 0.572. The standard InChI is InChI=1S/C19H15NO3.2C15H10N.Ir/c21-12-14-3-5-15(6-4-14)13-23-17-9-7-16(8-10-17)19(22)18-2-1-11-20-18;2*1-2-7-13(8-3-1)15-14-9-5-4-6-12(14)10-11-16-15;/h1-12H,13H2,(H,20,22);2*1-7,9-11H;/q;2*-1;+3/p-1. The third kappa shape index (κ3) is 9.84. The molecule has 0 aliphatic heterocycles. The third-order valence-corrected chi connectivity index (χ3v) is 8.70. The van der Waals surface area contributed by atoms with Gasteiger partial charge in [-0.15, -0.1) is 71.8 Å². The second-order valence-electron chi connectivity index (χ2n) is 12.3. The number of hydrogen-bond donors (Lipinski definition) is 0. The van der Waals surface area contributed by atoms with Gasteiger partial charge in [0.25, 0.3) is 0 Å². The molecular weight excluding hydrogens is 871 g/mol. The fourth-order valence-electron chi connectivity index (χ4n) is 5.89. The van der Waals surface area contributed by atoms with Gasteiger partial charge in [0.1, 0.15) is 18.6 Å². The Morgan fingerprint density at radius 2 is 1.16 bits per heavy atom. The first-order chi connectivity index (χ1) is 27.2. The molecule has 0 unspecified atom stereocenters. The van der Waals surface area contributed by atoms with Crippen molar-refractivity contribution in [2.24, 2.45) is 0 Å². The van der Waals surface area contributed by atoms with E-state index in [1.165, 1.54) is 21.5 Å². The first kappa shape index (κ1) is 38.9. The first-order valence-electron chi connectivity index (χ1n) is 17.7. The molecule has 0 N–H and O–H groups in total. The van der Waals surface area contributed by atoms with Gasteiger partial charge in [0.2, 0.25) is 0 Å². The largest absolute Gasteiger partial charge is 3.00 e. The average Bonchev–Trinajstić information content (AvgIpc) is 3.82. The summed E-state index contributed by atoms with van der Waals surface area (Å²) in [6.07, 6.45) is 6.10. The molecule has 3 heterocycles. The number of ketones is 1. The van der Waals surface area contributed by atoms with E-state index in [1.54, 1.807) is 54.7 Å². The van der Waals surface area contributed by atoms with Crippen LogP contribution in [0.1, 0.15) is 32.0 Å². The minimum atomic E-state index is -0.106. The second kappa shape index (κ2) is 19.5. The smallest absolute Gasteiger partial charge is 0.661 e. The number of rotatable bonds is 8. The molecule has 0 fully saturated rings. The number of nitrogens with zero attached hydrogens (tertiary/aromatic N) is 3. The molecule has 0 aliphatic rings. The van der Waals surface area contributed by atoms with Crippen molar-refractivity contribution in [3.05, 3.63) is 223 Å². The van der Waals surface area contributed by atoms with Gasteiger partial charge in [-0.3, -0.25) is 9.59 Å². The summed E-state index contributed by atoms with van der Waals surface area (Å²) >= 11 is 0. The predicted octanol–water partition coefficient (Wildman–Crippen LogP) is 10.7. The molecule has 0 amide bonds. The zero-order valence-corrected chi connectivity index (χ0v) is 32.5. The van der Waals surface area contributed by atoms with Gasteiger partial charge in [-0.05, 0) is 74.9 Å². The summed E-state index contributed by atoms with van der Waals surface area (Å²) in [4.78, 5) is 35.6. The second-order valence-corrected chi connectivity index (χ2v) is 12.3.